The van der Waals surface area contributed by atoms with Crippen LogP contribution < -0.4 is 5.43 Å². The quantitative estimate of drug-likeness (QED) is 0.883. The molecule has 5 rings (SSSR count). The monoisotopic (exact) mass is 363 g/mol. The summed E-state index contributed by atoms with van der Waals surface area (Å²) in [5.41, 5.74) is 8.93. The molecular weight excluding hydrogens is 341 g/mol. The normalized spacial score (nSPS) is 27.1. The predicted octanol–water partition coefficient (Wildman–Crippen LogP) is 3.79. The van der Waals surface area contributed by atoms with Gasteiger partial charge in [0.25, 0.3) is 0 Å². The van der Waals surface area contributed by atoms with E-state index >= 15 is 0 Å². The average Bonchev–Trinajstić information content (AvgIpc) is 3.10. The van der Waals surface area contributed by atoms with Crippen molar-refractivity contribution in [3.05, 3.63) is 71.2 Å². The molecule has 6 heteroatoms. The second kappa shape index (κ2) is 6.15. The van der Waals surface area contributed by atoms with E-state index in [9.17, 15) is 4.39 Å². The minimum absolute atomic E-state index is 0.0112. The van der Waals surface area contributed by atoms with Crippen LogP contribution in [-0.2, 0) is 7.05 Å². The van der Waals surface area contributed by atoms with Gasteiger partial charge in [0.15, 0.2) is 0 Å². The molecule has 1 aromatic heterocycles. The first kappa shape index (κ1) is 16.4. The summed E-state index contributed by atoms with van der Waals surface area (Å²) in [5.74, 6) is 1.33. The van der Waals surface area contributed by atoms with E-state index < -0.39 is 0 Å². The maximum atomic E-state index is 13.5. The Morgan fingerprint density at radius 2 is 2.07 bits per heavy atom. The summed E-state index contributed by atoms with van der Waals surface area (Å²) >= 11 is 0. The molecule has 0 radical (unpaired) electrons. The van der Waals surface area contributed by atoms with Crippen molar-refractivity contribution >= 4 is 5.71 Å². The number of hydrogen-bond donors (Lipinski definition) is 1. The molecule has 3 aliphatic rings. The number of allylic oxidation sites excluding steroid dienone is 2. The van der Waals surface area contributed by atoms with Crippen LogP contribution in [0.5, 0.6) is 0 Å². The van der Waals surface area contributed by atoms with Crippen molar-refractivity contribution in [2.45, 2.75) is 37.5 Å². The summed E-state index contributed by atoms with van der Waals surface area (Å²) in [4.78, 5) is 4.56. The molecule has 0 spiro atoms. The lowest BCUT2D eigenvalue weighted by atomic mass is 9.62. The molecule has 1 fully saturated rings. The van der Waals surface area contributed by atoms with Crippen molar-refractivity contribution in [3.8, 4) is 0 Å². The van der Waals surface area contributed by atoms with Crippen molar-refractivity contribution in [1.29, 1.82) is 0 Å². The third-order valence-corrected chi connectivity index (χ3v) is 6.22. The van der Waals surface area contributed by atoms with Gasteiger partial charge in [-0.3, -0.25) is 10.1 Å². The number of halogens is 1. The van der Waals surface area contributed by atoms with Gasteiger partial charge in [0, 0.05) is 13.0 Å². The fraction of sp³-hybridized carbons (Fsp3) is 0.381. The molecule has 0 amide bonds. The molecule has 3 unspecified atom stereocenters. The first-order valence-electron chi connectivity index (χ1n) is 9.49. The highest BCUT2D eigenvalue weighted by atomic mass is 19.1. The number of aromatic nitrogens is 3. The number of rotatable bonds is 2. The highest BCUT2D eigenvalue weighted by molar-refractivity contribution is 6.08. The van der Waals surface area contributed by atoms with Gasteiger partial charge >= 0.3 is 0 Å². The van der Waals surface area contributed by atoms with Crippen molar-refractivity contribution in [1.82, 2.24) is 20.2 Å². The van der Waals surface area contributed by atoms with Crippen LogP contribution in [0.1, 0.15) is 48.9 Å². The molecule has 0 bridgehead atoms. The third-order valence-electron chi connectivity index (χ3n) is 6.22. The topological polar surface area (TPSA) is 55.1 Å². The highest BCUT2D eigenvalue weighted by Crippen LogP contribution is 2.52. The van der Waals surface area contributed by atoms with Crippen LogP contribution in [0.25, 0.3) is 0 Å². The number of hydrazone groups is 1. The van der Waals surface area contributed by atoms with Gasteiger partial charge in [-0.15, -0.1) is 0 Å². The summed E-state index contributed by atoms with van der Waals surface area (Å²) in [7, 11) is 1.92. The molecular formula is C21H22FN5. The minimum Gasteiger partial charge on any atom is -0.279 e. The van der Waals surface area contributed by atoms with E-state index in [0.717, 1.165) is 42.1 Å². The first-order valence-corrected chi connectivity index (χ1v) is 9.49. The van der Waals surface area contributed by atoms with Crippen LogP contribution >= 0.6 is 0 Å². The maximum Gasteiger partial charge on any atom is 0.138 e. The van der Waals surface area contributed by atoms with Crippen LogP contribution in [0.3, 0.4) is 0 Å². The smallest absolute Gasteiger partial charge is 0.138 e. The Morgan fingerprint density at radius 3 is 2.81 bits per heavy atom. The van der Waals surface area contributed by atoms with Gasteiger partial charge in [-0.25, -0.2) is 9.37 Å². The lowest BCUT2D eigenvalue weighted by Crippen LogP contribution is -2.40. The van der Waals surface area contributed by atoms with Crippen LogP contribution in [-0.4, -0.2) is 20.5 Å². The van der Waals surface area contributed by atoms with E-state index in [-0.39, 0.29) is 17.7 Å². The lowest BCUT2D eigenvalue weighted by molar-refractivity contribution is 0.387. The molecule has 2 aliphatic carbocycles. The Bertz CT molecular complexity index is 969. The molecule has 2 aromatic rings. The number of nitrogens with zero attached hydrogens (tertiary/aromatic N) is 4. The fourth-order valence-electron chi connectivity index (χ4n) is 5.02. The Balaban J connectivity index is 1.69. The molecule has 0 saturated heterocycles. The Morgan fingerprint density at radius 1 is 1.26 bits per heavy atom. The van der Waals surface area contributed by atoms with Crippen LogP contribution in [0.4, 0.5) is 4.39 Å². The standard InChI is InChI=1S/C21H22FN5/c1-12-16-5-3-4-14-10-17(13-6-8-15(22)9-7-13)19(20(18(14)16)26-25-12)21-23-11-24-27(21)2/h6-9,11,14,17,19,25H,1,3-5,10H2,2H3. The van der Waals surface area contributed by atoms with Crippen LogP contribution in [0.15, 0.2) is 59.1 Å². The van der Waals surface area contributed by atoms with Gasteiger partial charge in [-0.2, -0.15) is 10.2 Å². The molecule has 3 atom stereocenters. The van der Waals surface area contributed by atoms with Gasteiger partial charge in [-0.05, 0) is 60.4 Å². The molecule has 1 N–H and O–H groups in total. The first-order chi connectivity index (χ1) is 13.1. The number of hydrogen-bond acceptors (Lipinski definition) is 4. The summed E-state index contributed by atoms with van der Waals surface area (Å²) in [6.07, 6.45) is 5.98. The number of benzene rings is 1. The molecule has 1 saturated carbocycles. The van der Waals surface area contributed by atoms with Gasteiger partial charge in [-0.1, -0.05) is 18.7 Å². The molecule has 27 heavy (non-hydrogen) atoms. The SMILES string of the molecule is C=C1NN=C2C3=C1CCCC3CC(c1ccc(F)cc1)C2c1ncnn1C. The maximum absolute atomic E-state index is 13.5. The third kappa shape index (κ3) is 2.54. The van der Waals surface area contributed by atoms with E-state index in [1.165, 1.54) is 17.6 Å². The average molecular weight is 363 g/mol. The number of nitrogens with one attached hydrogen (secondary N) is 1. The van der Waals surface area contributed by atoms with Crippen molar-refractivity contribution in [2.75, 3.05) is 0 Å². The van der Waals surface area contributed by atoms with Gasteiger partial charge in [0.1, 0.15) is 18.0 Å². The highest BCUT2D eigenvalue weighted by Gasteiger charge is 2.45. The van der Waals surface area contributed by atoms with Gasteiger partial charge in [0.2, 0.25) is 0 Å². The van der Waals surface area contributed by atoms with Crippen molar-refractivity contribution in [2.24, 2.45) is 18.1 Å². The second-order valence-electron chi connectivity index (χ2n) is 7.68. The Kier molecular flexibility index (Phi) is 3.74. The summed E-state index contributed by atoms with van der Waals surface area (Å²) in [6, 6.07) is 6.89. The molecule has 1 aromatic carbocycles. The lowest BCUT2D eigenvalue weighted by Gasteiger charge is -2.43. The van der Waals surface area contributed by atoms with Gasteiger partial charge < -0.3 is 0 Å². The van der Waals surface area contributed by atoms with E-state index in [1.807, 2.05) is 23.9 Å². The second-order valence-corrected chi connectivity index (χ2v) is 7.68. The van der Waals surface area contributed by atoms with Crippen LogP contribution in [0.2, 0.25) is 0 Å². The predicted molar refractivity (Wildman–Crippen MR) is 102 cm³/mol. The Labute approximate surface area is 157 Å². The summed E-state index contributed by atoms with van der Waals surface area (Å²) in [5, 5.41) is 9.04. The molecule has 138 valence electrons. The number of aryl methyl sites for hydroxylation is 1. The zero-order valence-electron chi connectivity index (χ0n) is 15.3. The van der Waals surface area contributed by atoms with Gasteiger partial charge in [0.05, 0.1) is 17.3 Å². The van der Waals surface area contributed by atoms with Crippen LogP contribution in [0, 0.1) is 11.7 Å². The van der Waals surface area contributed by atoms with E-state index in [4.69, 9.17) is 5.10 Å². The Hall–Kier alpha value is -2.76. The zero-order valence-corrected chi connectivity index (χ0v) is 15.3. The molecule has 5 nitrogen and oxygen atoms in total. The zero-order chi connectivity index (χ0) is 18.5. The minimum atomic E-state index is -0.210. The molecule has 2 heterocycles. The van der Waals surface area contributed by atoms with Crippen molar-refractivity contribution in [3.63, 3.8) is 0 Å². The largest absolute Gasteiger partial charge is 0.279 e. The van der Waals surface area contributed by atoms with Crippen molar-refractivity contribution < 1.29 is 4.39 Å². The summed E-state index contributed by atoms with van der Waals surface area (Å²) in [6.45, 7) is 4.17. The summed E-state index contributed by atoms with van der Waals surface area (Å²) < 4.78 is 15.4. The molecule has 1 aliphatic heterocycles. The van der Waals surface area contributed by atoms with E-state index in [1.54, 1.807) is 18.5 Å². The van der Waals surface area contributed by atoms with E-state index in [0.29, 0.717) is 5.92 Å². The fourth-order valence-corrected chi connectivity index (χ4v) is 5.02. The van der Waals surface area contributed by atoms with E-state index in [2.05, 4.69) is 22.1 Å².